The minimum Gasteiger partial charge on any atom is -0.389 e. The Bertz CT molecular complexity index is 403. The average molecular weight is 264 g/mol. The molecular formula is C16H28N2O. The number of aliphatic hydroxyl groups is 1. The summed E-state index contributed by atoms with van der Waals surface area (Å²) in [6.07, 6.45) is 7.23. The Kier molecular flexibility index (Phi) is 4.67. The molecule has 19 heavy (non-hydrogen) atoms. The Morgan fingerprint density at radius 1 is 1.32 bits per heavy atom. The summed E-state index contributed by atoms with van der Waals surface area (Å²) in [7, 11) is 0. The van der Waals surface area contributed by atoms with Crippen LogP contribution < -0.4 is 0 Å². The highest BCUT2D eigenvalue weighted by molar-refractivity contribution is 5.13. The Labute approximate surface area is 117 Å². The Morgan fingerprint density at radius 2 is 2.00 bits per heavy atom. The quantitative estimate of drug-likeness (QED) is 0.885. The zero-order chi connectivity index (χ0) is 13.9. The van der Waals surface area contributed by atoms with Gasteiger partial charge in [0, 0.05) is 18.7 Å². The third kappa shape index (κ3) is 3.38. The molecule has 1 saturated carbocycles. The molecule has 1 fully saturated rings. The van der Waals surface area contributed by atoms with Crippen molar-refractivity contribution in [3.63, 3.8) is 0 Å². The van der Waals surface area contributed by atoms with Gasteiger partial charge in [0.1, 0.15) is 0 Å². The van der Waals surface area contributed by atoms with E-state index < -0.39 is 5.60 Å². The molecule has 0 aromatic carbocycles. The van der Waals surface area contributed by atoms with Crippen LogP contribution in [0.15, 0.2) is 6.07 Å². The van der Waals surface area contributed by atoms with Crippen LogP contribution in [0.25, 0.3) is 0 Å². The van der Waals surface area contributed by atoms with Gasteiger partial charge >= 0.3 is 0 Å². The number of aryl methyl sites for hydroxylation is 2. The van der Waals surface area contributed by atoms with Gasteiger partial charge in [-0.25, -0.2) is 0 Å². The van der Waals surface area contributed by atoms with Gasteiger partial charge in [0.2, 0.25) is 0 Å². The average Bonchev–Trinajstić information content (AvgIpc) is 2.81. The lowest BCUT2D eigenvalue weighted by Gasteiger charge is -2.35. The van der Waals surface area contributed by atoms with Gasteiger partial charge in [-0.05, 0) is 51.0 Å². The van der Waals surface area contributed by atoms with Gasteiger partial charge in [0.05, 0.1) is 11.3 Å². The van der Waals surface area contributed by atoms with Crippen LogP contribution in [0, 0.1) is 5.92 Å². The topological polar surface area (TPSA) is 38.0 Å². The van der Waals surface area contributed by atoms with E-state index in [-0.39, 0.29) is 0 Å². The van der Waals surface area contributed by atoms with Crippen LogP contribution in [-0.4, -0.2) is 20.5 Å². The number of hydrogen-bond donors (Lipinski definition) is 1. The maximum absolute atomic E-state index is 10.8. The van der Waals surface area contributed by atoms with E-state index in [4.69, 9.17) is 0 Å². The van der Waals surface area contributed by atoms with E-state index in [0.717, 1.165) is 43.8 Å². The van der Waals surface area contributed by atoms with E-state index in [9.17, 15) is 5.11 Å². The molecule has 3 heteroatoms. The van der Waals surface area contributed by atoms with Crippen LogP contribution in [-0.2, 0) is 19.4 Å². The summed E-state index contributed by atoms with van der Waals surface area (Å²) in [6.45, 7) is 7.40. The number of hydrogen-bond acceptors (Lipinski definition) is 2. The summed E-state index contributed by atoms with van der Waals surface area (Å²) in [6, 6.07) is 2.17. The predicted molar refractivity (Wildman–Crippen MR) is 78.2 cm³/mol. The monoisotopic (exact) mass is 264 g/mol. The van der Waals surface area contributed by atoms with Crippen LogP contribution in [0.1, 0.15) is 64.3 Å². The summed E-state index contributed by atoms with van der Waals surface area (Å²) in [5, 5.41) is 15.4. The first kappa shape index (κ1) is 14.6. The van der Waals surface area contributed by atoms with Crippen LogP contribution in [0.5, 0.6) is 0 Å². The summed E-state index contributed by atoms with van der Waals surface area (Å²) in [4.78, 5) is 0. The second-order valence-electron chi connectivity index (χ2n) is 6.05. The van der Waals surface area contributed by atoms with E-state index in [0.29, 0.717) is 0 Å². The predicted octanol–water partition coefficient (Wildman–Crippen LogP) is 3.34. The zero-order valence-corrected chi connectivity index (χ0v) is 12.7. The van der Waals surface area contributed by atoms with E-state index in [1.54, 1.807) is 0 Å². The van der Waals surface area contributed by atoms with Crippen LogP contribution in [0.2, 0.25) is 0 Å². The lowest BCUT2D eigenvalue weighted by Crippen LogP contribution is -2.36. The molecule has 0 saturated heterocycles. The van der Waals surface area contributed by atoms with Gasteiger partial charge in [0.15, 0.2) is 0 Å². The van der Waals surface area contributed by atoms with Gasteiger partial charge in [-0.1, -0.05) is 20.3 Å². The molecule has 1 aliphatic rings. The van der Waals surface area contributed by atoms with E-state index >= 15 is 0 Å². The van der Waals surface area contributed by atoms with Crippen molar-refractivity contribution >= 4 is 0 Å². The van der Waals surface area contributed by atoms with E-state index in [1.807, 2.05) is 0 Å². The molecule has 1 heterocycles. The minimum atomic E-state index is -0.496. The smallest absolute Gasteiger partial charge is 0.0703 e. The van der Waals surface area contributed by atoms with Crippen LogP contribution in [0.3, 0.4) is 0 Å². The van der Waals surface area contributed by atoms with Gasteiger partial charge in [-0.15, -0.1) is 0 Å². The SMILES string of the molecule is CCc1cc(CC2(O)CCC(CC)CC2)n(CC)n1. The molecule has 0 atom stereocenters. The third-order valence-electron chi connectivity index (χ3n) is 4.70. The minimum absolute atomic E-state index is 0.496. The number of aromatic nitrogens is 2. The highest BCUT2D eigenvalue weighted by atomic mass is 16.3. The van der Waals surface area contributed by atoms with Gasteiger partial charge in [0.25, 0.3) is 0 Å². The van der Waals surface area contributed by atoms with Crippen molar-refractivity contribution in [2.24, 2.45) is 5.92 Å². The van der Waals surface area contributed by atoms with Crippen LogP contribution in [0.4, 0.5) is 0 Å². The fourth-order valence-corrected chi connectivity index (χ4v) is 3.24. The Hall–Kier alpha value is -0.830. The first-order valence-corrected chi connectivity index (χ1v) is 7.88. The fourth-order valence-electron chi connectivity index (χ4n) is 3.24. The molecule has 0 radical (unpaired) electrons. The lowest BCUT2D eigenvalue weighted by molar-refractivity contribution is -0.0108. The molecule has 0 spiro atoms. The highest BCUT2D eigenvalue weighted by Gasteiger charge is 2.33. The van der Waals surface area contributed by atoms with Gasteiger partial charge < -0.3 is 5.11 Å². The van der Waals surface area contributed by atoms with Gasteiger partial charge in [-0.3, -0.25) is 4.68 Å². The molecule has 0 amide bonds. The normalized spacial score (nSPS) is 27.7. The first-order chi connectivity index (χ1) is 9.10. The second kappa shape index (κ2) is 6.08. The molecule has 1 aliphatic carbocycles. The van der Waals surface area contributed by atoms with Crippen molar-refractivity contribution in [3.05, 3.63) is 17.5 Å². The molecule has 3 nitrogen and oxygen atoms in total. The molecule has 0 unspecified atom stereocenters. The van der Waals surface area contributed by atoms with Crippen molar-refractivity contribution in [2.75, 3.05) is 0 Å². The van der Waals surface area contributed by atoms with Crippen molar-refractivity contribution in [1.29, 1.82) is 0 Å². The number of rotatable bonds is 5. The molecular weight excluding hydrogens is 236 g/mol. The maximum atomic E-state index is 10.8. The van der Waals surface area contributed by atoms with Crippen molar-refractivity contribution < 1.29 is 5.11 Å². The molecule has 2 rings (SSSR count). The second-order valence-corrected chi connectivity index (χ2v) is 6.05. The molecule has 1 aromatic heterocycles. The van der Waals surface area contributed by atoms with Crippen LogP contribution >= 0.6 is 0 Å². The maximum Gasteiger partial charge on any atom is 0.0703 e. The fraction of sp³-hybridized carbons (Fsp3) is 0.812. The lowest BCUT2D eigenvalue weighted by atomic mass is 9.76. The van der Waals surface area contributed by atoms with Crippen molar-refractivity contribution in [1.82, 2.24) is 9.78 Å². The Morgan fingerprint density at radius 3 is 2.53 bits per heavy atom. The zero-order valence-electron chi connectivity index (χ0n) is 12.7. The molecule has 0 bridgehead atoms. The van der Waals surface area contributed by atoms with E-state index in [2.05, 4.69) is 36.6 Å². The summed E-state index contributed by atoms with van der Waals surface area (Å²) >= 11 is 0. The third-order valence-corrected chi connectivity index (χ3v) is 4.70. The molecule has 0 aliphatic heterocycles. The largest absolute Gasteiger partial charge is 0.389 e. The van der Waals surface area contributed by atoms with Gasteiger partial charge in [-0.2, -0.15) is 5.10 Å². The molecule has 1 aromatic rings. The highest BCUT2D eigenvalue weighted by Crippen LogP contribution is 2.35. The first-order valence-electron chi connectivity index (χ1n) is 7.88. The summed E-state index contributed by atoms with van der Waals surface area (Å²) in [5.41, 5.74) is 1.85. The standard InChI is InChI=1S/C16H28N2O/c1-4-13-7-9-16(19,10-8-13)12-15-11-14(5-2)17-18(15)6-3/h11,13,19H,4-10,12H2,1-3H3. The summed E-state index contributed by atoms with van der Waals surface area (Å²) < 4.78 is 2.06. The van der Waals surface area contributed by atoms with Crippen molar-refractivity contribution in [3.8, 4) is 0 Å². The summed E-state index contributed by atoms with van der Waals surface area (Å²) in [5.74, 6) is 0.822. The molecule has 1 N–H and O–H groups in total. The Balaban J connectivity index is 2.06. The number of nitrogens with zero attached hydrogens (tertiary/aromatic N) is 2. The van der Waals surface area contributed by atoms with Crippen molar-refractivity contribution in [2.45, 2.75) is 77.9 Å². The molecule has 108 valence electrons. The van der Waals surface area contributed by atoms with E-state index in [1.165, 1.54) is 25.0 Å².